The molecule has 29 heavy (non-hydrogen) atoms. The third-order valence-electron chi connectivity index (χ3n) is 10.4. The van der Waals surface area contributed by atoms with Crippen LogP contribution in [0.25, 0.3) is 0 Å². The van der Waals surface area contributed by atoms with Crippen molar-refractivity contribution in [2.45, 2.75) is 91.9 Å². The van der Waals surface area contributed by atoms with Gasteiger partial charge in [0, 0.05) is 5.92 Å². The Hall–Kier alpha value is -1.30. The van der Waals surface area contributed by atoms with Crippen LogP contribution in [0.5, 0.6) is 0 Å². The normalized spacial score (nSPS) is 45.6. The number of hydrogen-bond acceptors (Lipinski definition) is 2. The summed E-state index contributed by atoms with van der Waals surface area (Å²) in [6, 6.07) is 0. The molecule has 0 aliphatic heterocycles. The predicted molar refractivity (Wildman–Crippen MR) is 114 cm³/mol. The average Bonchev–Trinajstić information content (AvgIpc) is 3.03. The van der Waals surface area contributed by atoms with Gasteiger partial charge in [-0.3, -0.25) is 4.79 Å². The van der Waals surface area contributed by atoms with E-state index in [1.54, 1.807) is 6.92 Å². The van der Waals surface area contributed by atoms with E-state index in [4.69, 9.17) is 5.11 Å². The second-order valence-electron chi connectivity index (χ2n) is 11.4. The highest BCUT2D eigenvalue weighted by atomic mass is 16.4. The Morgan fingerprint density at radius 3 is 2.34 bits per heavy atom. The molecule has 3 nitrogen and oxygen atoms in total. The molecule has 0 aromatic carbocycles. The first-order valence-electron chi connectivity index (χ1n) is 11.9. The second-order valence-corrected chi connectivity index (χ2v) is 11.4. The molecule has 3 heteroatoms. The summed E-state index contributed by atoms with van der Waals surface area (Å²) in [5.41, 5.74) is -0.221. The monoisotopic (exact) mass is 398 g/mol. The number of carboxylic acid groups (broad SMARTS) is 1. The fourth-order valence-corrected chi connectivity index (χ4v) is 8.85. The van der Waals surface area contributed by atoms with Crippen LogP contribution in [0, 0.1) is 57.7 Å². The summed E-state index contributed by atoms with van der Waals surface area (Å²) in [6.45, 7) is 8.52. The minimum Gasteiger partial charge on any atom is -0.472 e. The van der Waals surface area contributed by atoms with E-state index in [1.165, 1.54) is 57.8 Å². The molecule has 0 aromatic rings. The van der Waals surface area contributed by atoms with Crippen molar-refractivity contribution >= 4 is 11.8 Å². The summed E-state index contributed by atoms with van der Waals surface area (Å²) in [4.78, 5) is 23.8. The summed E-state index contributed by atoms with van der Waals surface area (Å²) in [5, 5.41) is 9.11. The maximum Gasteiger partial charge on any atom is 0.381 e. The Morgan fingerprint density at radius 1 is 0.931 bits per heavy atom. The first-order chi connectivity index (χ1) is 13.6. The smallest absolute Gasteiger partial charge is 0.381 e. The molecule has 4 rings (SSSR count). The number of carboxylic acids is 1. The molecule has 1 unspecified atom stereocenters. The zero-order chi connectivity index (χ0) is 21.0. The second kappa shape index (κ2) is 7.14. The van der Waals surface area contributed by atoms with Crippen LogP contribution in [0.4, 0.5) is 0 Å². The van der Waals surface area contributed by atoms with Crippen LogP contribution >= 0.6 is 0 Å². The highest BCUT2D eigenvalue weighted by Gasteiger charge is 2.62. The number of rotatable bonds is 2. The van der Waals surface area contributed by atoms with Crippen LogP contribution in [0.1, 0.15) is 91.9 Å². The molecule has 0 aromatic heterocycles. The SMILES string of the molecule is CC(=O)[C@@](C)(C#CC(=O)O)[C@H]1CC[C@H]2[C@@H]3CCC4CCCC[C@]4(C)[C@H]3CC[C@@]21C. The van der Waals surface area contributed by atoms with Gasteiger partial charge in [-0.1, -0.05) is 32.6 Å². The standard InChI is InChI=1S/C26H38O3/c1-17(27)24(2,16-13-23(28)29)22-11-10-20-19-9-8-18-7-5-6-14-25(18,3)21(19)12-15-26(20,22)4/h18-22H,5-12,14-15H2,1-4H3,(H,28,29)/t18?,19-,20-,21-,22+,24+,25-,26-/m0/s1. The van der Waals surface area contributed by atoms with E-state index in [0.717, 1.165) is 24.2 Å². The van der Waals surface area contributed by atoms with Crippen LogP contribution < -0.4 is 0 Å². The molecule has 0 amide bonds. The van der Waals surface area contributed by atoms with Gasteiger partial charge in [0.1, 0.15) is 5.78 Å². The highest BCUT2D eigenvalue weighted by Crippen LogP contribution is 2.69. The zero-order valence-electron chi connectivity index (χ0n) is 18.7. The first kappa shape index (κ1) is 21.0. The fraction of sp³-hybridized carbons (Fsp3) is 0.846. The van der Waals surface area contributed by atoms with E-state index >= 15 is 0 Å². The molecule has 0 heterocycles. The number of aliphatic carboxylic acids is 1. The van der Waals surface area contributed by atoms with E-state index in [-0.39, 0.29) is 17.1 Å². The molecule has 0 radical (unpaired) electrons. The van der Waals surface area contributed by atoms with Gasteiger partial charge in [-0.2, -0.15) is 0 Å². The van der Waals surface area contributed by atoms with Gasteiger partial charge in [-0.25, -0.2) is 4.79 Å². The van der Waals surface area contributed by atoms with Gasteiger partial charge in [-0.05, 0) is 106 Å². The van der Waals surface area contributed by atoms with E-state index in [9.17, 15) is 9.59 Å². The van der Waals surface area contributed by atoms with Gasteiger partial charge >= 0.3 is 5.97 Å². The molecule has 0 spiro atoms. The molecule has 8 atom stereocenters. The van der Waals surface area contributed by atoms with Gasteiger partial charge in [-0.15, -0.1) is 0 Å². The van der Waals surface area contributed by atoms with Crippen molar-refractivity contribution in [3.8, 4) is 11.8 Å². The molecule has 1 N–H and O–H groups in total. The summed E-state index contributed by atoms with van der Waals surface area (Å²) >= 11 is 0. The molecule has 4 aliphatic rings. The number of Topliss-reactive ketones (excluding diaryl/α,β-unsaturated/α-hetero) is 1. The number of ketones is 1. The average molecular weight is 399 g/mol. The quantitative estimate of drug-likeness (QED) is 0.605. The maximum absolute atomic E-state index is 12.7. The summed E-state index contributed by atoms with van der Waals surface area (Å²) in [7, 11) is 0. The number of hydrogen-bond donors (Lipinski definition) is 1. The lowest BCUT2D eigenvalue weighted by Gasteiger charge is -2.61. The molecule has 4 fully saturated rings. The maximum atomic E-state index is 12.7. The molecule has 4 saturated carbocycles. The van der Waals surface area contributed by atoms with Crippen LogP contribution in [-0.2, 0) is 9.59 Å². The van der Waals surface area contributed by atoms with Crippen molar-refractivity contribution in [3.05, 3.63) is 0 Å². The van der Waals surface area contributed by atoms with Crippen molar-refractivity contribution in [2.24, 2.45) is 45.8 Å². The highest BCUT2D eigenvalue weighted by molar-refractivity contribution is 5.91. The minimum absolute atomic E-state index is 0.0307. The topological polar surface area (TPSA) is 54.4 Å². The largest absolute Gasteiger partial charge is 0.472 e. The minimum atomic E-state index is -1.13. The van der Waals surface area contributed by atoms with Crippen molar-refractivity contribution < 1.29 is 14.7 Å². The Kier molecular flexibility index (Phi) is 5.16. The lowest BCUT2D eigenvalue weighted by molar-refractivity contribution is -0.135. The van der Waals surface area contributed by atoms with E-state index in [0.29, 0.717) is 11.3 Å². The van der Waals surface area contributed by atoms with Crippen LogP contribution in [-0.4, -0.2) is 16.9 Å². The van der Waals surface area contributed by atoms with Crippen molar-refractivity contribution in [3.63, 3.8) is 0 Å². The van der Waals surface area contributed by atoms with E-state index < -0.39 is 11.4 Å². The van der Waals surface area contributed by atoms with Crippen LogP contribution in [0.15, 0.2) is 0 Å². The van der Waals surface area contributed by atoms with Gasteiger partial charge in [0.05, 0.1) is 5.41 Å². The van der Waals surface area contributed by atoms with Gasteiger partial charge in [0.15, 0.2) is 0 Å². The van der Waals surface area contributed by atoms with Gasteiger partial charge in [0.2, 0.25) is 0 Å². The van der Waals surface area contributed by atoms with Gasteiger partial charge < -0.3 is 5.11 Å². The molecule has 0 saturated heterocycles. The molecule has 160 valence electrons. The van der Waals surface area contributed by atoms with E-state index in [1.807, 2.05) is 6.92 Å². The number of carbonyl (C=O) groups is 2. The zero-order valence-corrected chi connectivity index (χ0v) is 18.7. The molecule has 0 bridgehead atoms. The summed E-state index contributed by atoms with van der Waals surface area (Å²) < 4.78 is 0. The van der Waals surface area contributed by atoms with Crippen molar-refractivity contribution in [2.75, 3.05) is 0 Å². The summed E-state index contributed by atoms with van der Waals surface area (Å²) in [6.07, 6.45) is 13.0. The third kappa shape index (κ3) is 3.08. The Balaban J connectivity index is 1.65. The fourth-order valence-electron chi connectivity index (χ4n) is 8.85. The van der Waals surface area contributed by atoms with Crippen LogP contribution in [0.3, 0.4) is 0 Å². The molecular formula is C26H38O3. The summed E-state index contributed by atoms with van der Waals surface area (Å²) in [5.74, 6) is 7.49. The Morgan fingerprint density at radius 2 is 1.66 bits per heavy atom. The lowest BCUT2D eigenvalue weighted by atomic mass is 9.44. The number of carbonyl (C=O) groups excluding carboxylic acids is 1. The Labute approximate surface area is 176 Å². The van der Waals surface area contributed by atoms with Crippen LogP contribution in [0.2, 0.25) is 0 Å². The van der Waals surface area contributed by atoms with Gasteiger partial charge in [0.25, 0.3) is 0 Å². The molecular weight excluding hydrogens is 360 g/mol. The Bertz CT molecular complexity index is 760. The predicted octanol–water partition coefficient (Wildman–Crippen LogP) is 5.72. The first-order valence-corrected chi connectivity index (χ1v) is 11.9. The third-order valence-corrected chi connectivity index (χ3v) is 10.4. The number of fused-ring (bicyclic) bond motifs is 5. The molecule has 4 aliphatic carbocycles. The van der Waals surface area contributed by atoms with E-state index in [2.05, 4.69) is 25.7 Å². The van der Waals surface area contributed by atoms with Crippen molar-refractivity contribution in [1.29, 1.82) is 0 Å². The lowest BCUT2D eigenvalue weighted by Crippen LogP contribution is -2.54. The van der Waals surface area contributed by atoms with Crippen molar-refractivity contribution in [1.82, 2.24) is 0 Å².